The standard InChI is InChI=1S/C15H28N2O.ClH/c1-14(6-5-7-14)12-17-13(18)10-15(11-16)8-3-2-4-9-15;/h2-12,16H2,1H3,(H,17,18);1H. The number of carbonyl (C=O) groups excluding carboxylic acids is 1. The Kier molecular flexibility index (Phi) is 6.13. The third-order valence-electron chi connectivity index (χ3n) is 5.16. The third kappa shape index (κ3) is 4.35. The van der Waals surface area contributed by atoms with Gasteiger partial charge in [0.2, 0.25) is 5.91 Å². The number of nitrogens with one attached hydrogen (secondary N) is 1. The Morgan fingerprint density at radius 3 is 2.21 bits per heavy atom. The Hall–Kier alpha value is -0.280. The number of rotatable bonds is 5. The zero-order valence-electron chi connectivity index (χ0n) is 12.2. The SMILES string of the molecule is CC1(CNC(=O)CC2(CN)CCCCC2)CCC1.Cl. The molecule has 3 N–H and O–H groups in total. The first-order valence-corrected chi connectivity index (χ1v) is 7.54. The van der Waals surface area contributed by atoms with Crippen molar-refractivity contribution in [2.45, 2.75) is 64.7 Å². The maximum absolute atomic E-state index is 12.1. The van der Waals surface area contributed by atoms with Crippen LogP contribution in [-0.4, -0.2) is 19.0 Å². The Morgan fingerprint density at radius 1 is 1.11 bits per heavy atom. The van der Waals surface area contributed by atoms with Crippen molar-refractivity contribution in [1.82, 2.24) is 5.32 Å². The lowest BCUT2D eigenvalue weighted by molar-refractivity contribution is -0.124. The highest BCUT2D eigenvalue weighted by Crippen LogP contribution is 2.40. The fraction of sp³-hybridized carbons (Fsp3) is 0.933. The van der Waals surface area contributed by atoms with Crippen LogP contribution in [0.2, 0.25) is 0 Å². The zero-order valence-corrected chi connectivity index (χ0v) is 13.0. The molecule has 19 heavy (non-hydrogen) atoms. The van der Waals surface area contributed by atoms with Crippen molar-refractivity contribution in [1.29, 1.82) is 0 Å². The van der Waals surface area contributed by atoms with Gasteiger partial charge in [0.05, 0.1) is 0 Å². The molecule has 2 saturated carbocycles. The molecular weight excluding hydrogens is 260 g/mol. The molecule has 2 aliphatic rings. The van der Waals surface area contributed by atoms with Gasteiger partial charge in [-0.1, -0.05) is 32.6 Å². The van der Waals surface area contributed by atoms with Gasteiger partial charge in [-0.05, 0) is 43.1 Å². The molecule has 0 aromatic carbocycles. The van der Waals surface area contributed by atoms with E-state index >= 15 is 0 Å². The zero-order chi connectivity index (χ0) is 13.1. The van der Waals surface area contributed by atoms with Crippen LogP contribution in [0.4, 0.5) is 0 Å². The van der Waals surface area contributed by atoms with Crippen molar-refractivity contribution in [2.24, 2.45) is 16.6 Å². The van der Waals surface area contributed by atoms with Gasteiger partial charge < -0.3 is 11.1 Å². The summed E-state index contributed by atoms with van der Waals surface area (Å²) in [6.45, 7) is 3.79. The first kappa shape index (κ1) is 16.8. The van der Waals surface area contributed by atoms with Crippen LogP contribution in [0.5, 0.6) is 0 Å². The van der Waals surface area contributed by atoms with E-state index in [0.717, 1.165) is 19.4 Å². The average molecular weight is 289 g/mol. The minimum atomic E-state index is 0. The van der Waals surface area contributed by atoms with Crippen LogP contribution in [0.25, 0.3) is 0 Å². The fourth-order valence-corrected chi connectivity index (χ4v) is 3.43. The van der Waals surface area contributed by atoms with Gasteiger partial charge in [0.25, 0.3) is 0 Å². The highest BCUT2D eigenvalue weighted by atomic mass is 35.5. The Balaban J connectivity index is 0.00000180. The molecule has 0 heterocycles. The topological polar surface area (TPSA) is 55.1 Å². The molecule has 2 rings (SSSR count). The summed E-state index contributed by atoms with van der Waals surface area (Å²) in [6, 6.07) is 0. The van der Waals surface area contributed by atoms with Crippen LogP contribution in [0.1, 0.15) is 64.7 Å². The molecule has 0 bridgehead atoms. The number of carbonyl (C=O) groups is 1. The predicted molar refractivity (Wildman–Crippen MR) is 81.4 cm³/mol. The quantitative estimate of drug-likeness (QED) is 0.817. The predicted octanol–water partition coefficient (Wildman–Crippen LogP) is 3.01. The maximum Gasteiger partial charge on any atom is 0.220 e. The van der Waals surface area contributed by atoms with E-state index in [1.165, 1.54) is 38.5 Å². The number of hydrogen-bond acceptors (Lipinski definition) is 2. The molecule has 0 spiro atoms. The molecule has 0 atom stereocenters. The van der Waals surface area contributed by atoms with Crippen molar-refractivity contribution < 1.29 is 4.79 Å². The molecule has 0 unspecified atom stereocenters. The first-order chi connectivity index (χ1) is 8.58. The molecular formula is C15H29ClN2O. The Bertz CT molecular complexity index is 297. The fourth-order valence-electron chi connectivity index (χ4n) is 3.43. The molecule has 0 aromatic rings. The van der Waals surface area contributed by atoms with Crippen LogP contribution in [0.3, 0.4) is 0 Å². The number of halogens is 1. The van der Waals surface area contributed by atoms with Gasteiger partial charge in [-0.25, -0.2) is 0 Å². The van der Waals surface area contributed by atoms with Crippen LogP contribution < -0.4 is 11.1 Å². The maximum atomic E-state index is 12.1. The van der Waals surface area contributed by atoms with Gasteiger partial charge in [0.1, 0.15) is 0 Å². The number of nitrogens with two attached hydrogens (primary N) is 1. The summed E-state index contributed by atoms with van der Waals surface area (Å²) in [5, 5.41) is 3.14. The highest BCUT2D eigenvalue weighted by molar-refractivity contribution is 5.85. The van der Waals surface area contributed by atoms with Crippen molar-refractivity contribution in [2.75, 3.05) is 13.1 Å². The van der Waals surface area contributed by atoms with E-state index < -0.39 is 0 Å². The molecule has 0 saturated heterocycles. The summed E-state index contributed by atoms with van der Waals surface area (Å²) in [5.74, 6) is 0.218. The second kappa shape index (κ2) is 6.94. The summed E-state index contributed by atoms with van der Waals surface area (Å²) in [6.07, 6.45) is 10.5. The van der Waals surface area contributed by atoms with E-state index in [2.05, 4.69) is 12.2 Å². The molecule has 112 valence electrons. The average Bonchev–Trinajstić information content (AvgIpc) is 2.35. The van der Waals surface area contributed by atoms with Gasteiger partial charge in [-0.2, -0.15) is 0 Å². The van der Waals surface area contributed by atoms with E-state index in [9.17, 15) is 4.79 Å². The van der Waals surface area contributed by atoms with E-state index in [1.54, 1.807) is 0 Å². The van der Waals surface area contributed by atoms with Gasteiger partial charge in [-0.3, -0.25) is 4.79 Å². The molecule has 2 fully saturated rings. The van der Waals surface area contributed by atoms with Crippen LogP contribution >= 0.6 is 12.4 Å². The summed E-state index contributed by atoms with van der Waals surface area (Å²) >= 11 is 0. The van der Waals surface area contributed by atoms with Crippen molar-refractivity contribution in [3.05, 3.63) is 0 Å². The minimum absolute atomic E-state index is 0. The summed E-state index contributed by atoms with van der Waals surface area (Å²) < 4.78 is 0. The second-order valence-corrected chi connectivity index (χ2v) is 6.88. The van der Waals surface area contributed by atoms with Crippen LogP contribution in [0, 0.1) is 10.8 Å². The van der Waals surface area contributed by atoms with Crippen molar-refractivity contribution in [3.8, 4) is 0 Å². The monoisotopic (exact) mass is 288 g/mol. The van der Waals surface area contributed by atoms with Crippen LogP contribution in [-0.2, 0) is 4.79 Å². The first-order valence-electron chi connectivity index (χ1n) is 7.54. The van der Waals surface area contributed by atoms with E-state index in [1.807, 2.05) is 0 Å². The molecule has 3 nitrogen and oxygen atoms in total. The molecule has 4 heteroatoms. The summed E-state index contributed by atoms with van der Waals surface area (Å²) in [7, 11) is 0. The van der Waals surface area contributed by atoms with E-state index in [0.29, 0.717) is 18.4 Å². The molecule has 0 aliphatic heterocycles. The Morgan fingerprint density at radius 2 is 1.74 bits per heavy atom. The lowest BCUT2D eigenvalue weighted by Gasteiger charge is -2.39. The van der Waals surface area contributed by atoms with Gasteiger partial charge in [0.15, 0.2) is 0 Å². The second-order valence-electron chi connectivity index (χ2n) is 6.88. The molecule has 1 amide bonds. The smallest absolute Gasteiger partial charge is 0.220 e. The van der Waals surface area contributed by atoms with Gasteiger partial charge in [0, 0.05) is 13.0 Å². The third-order valence-corrected chi connectivity index (χ3v) is 5.16. The van der Waals surface area contributed by atoms with E-state index in [-0.39, 0.29) is 23.7 Å². The molecule has 2 aliphatic carbocycles. The number of hydrogen-bond donors (Lipinski definition) is 2. The lowest BCUT2D eigenvalue weighted by atomic mass is 9.70. The van der Waals surface area contributed by atoms with Gasteiger partial charge >= 0.3 is 0 Å². The number of amides is 1. The molecule has 0 radical (unpaired) electrons. The highest BCUT2D eigenvalue weighted by Gasteiger charge is 2.35. The normalized spacial score (nSPS) is 23.9. The Labute approximate surface area is 123 Å². The summed E-state index contributed by atoms with van der Waals surface area (Å²) in [5.41, 5.74) is 6.40. The lowest BCUT2D eigenvalue weighted by Crippen LogP contribution is -2.43. The largest absolute Gasteiger partial charge is 0.356 e. The van der Waals surface area contributed by atoms with Crippen LogP contribution in [0.15, 0.2) is 0 Å². The van der Waals surface area contributed by atoms with Crippen molar-refractivity contribution >= 4 is 18.3 Å². The minimum Gasteiger partial charge on any atom is -0.356 e. The van der Waals surface area contributed by atoms with Crippen molar-refractivity contribution in [3.63, 3.8) is 0 Å². The summed E-state index contributed by atoms with van der Waals surface area (Å²) in [4.78, 5) is 12.1. The van der Waals surface area contributed by atoms with E-state index in [4.69, 9.17) is 5.73 Å². The molecule has 0 aromatic heterocycles. The van der Waals surface area contributed by atoms with Gasteiger partial charge in [-0.15, -0.1) is 12.4 Å².